The molecule has 0 amide bonds. The number of rotatable bonds is 0. The van der Waals surface area contributed by atoms with Crippen molar-refractivity contribution in [1.29, 1.82) is 0 Å². The van der Waals surface area contributed by atoms with Crippen LogP contribution in [0.3, 0.4) is 0 Å². The highest BCUT2D eigenvalue weighted by molar-refractivity contribution is 5.99. The summed E-state index contributed by atoms with van der Waals surface area (Å²) >= 11 is 0. The monoisotopic (exact) mass is 173 g/mol. The first-order chi connectivity index (χ1) is 6.18. The second-order valence-corrected chi connectivity index (χ2v) is 3.33. The molecule has 1 aromatic rings. The Morgan fingerprint density at radius 1 is 1.31 bits per heavy atom. The lowest BCUT2D eigenvalue weighted by Gasteiger charge is -2.13. The van der Waals surface area contributed by atoms with Gasteiger partial charge in [-0.15, -0.1) is 0 Å². The van der Waals surface area contributed by atoms with E-state index in [1.54, 1.807) is 6.08 Å². The summed E-state index contributed by atoms with van der Waals surface area (Å²) < 4.78 is 0. The number of nitrogen functional groups attached to an aromatic ring is 1. The standard InChI is InChI=1S/C11H11NO/c1-7-10-4-3-9(13)6-8(10)2-5-11(7)12/h2-5H,6,12H2,1H3. The summed E-state index contributed by atoms with van der Waals surface area (Å²) in [6, 6.07) is 3.79. The first-order valence-corrected chi connectivity index (χ1v) is 4.27. The lowest BCUT2D eigenvalue weighted by Crippen LogP contribution is -2.07. The summed E-state index contributed by atoms with van der Waals surface area (Å²) in [7, 11) is 0. The van der Waals surface area contributed by atoms with Gasteiger partial charge in [0.1, 0.15) is 0 Å². The lowest BCUT2D eigenvalue weighted by molar-refractivity contribution is -0.114. The molecule has 0 unspecified atom stereocenters. The molecule has 1 aliphatic carbocycles. The maximum Gasteiger partial charge on any atom is 0.160 e. The zero-order chi connectivity index (χ0) is 9.42. The number of carbonyl (C=O) groups is 1. The molecule has 1 aromatic carbocycles. The number of benzene rings is 1. The van der Waals surface area contributed by atoms with Crippen molar-refractivity contribution < 1.29 is 4.79 Å². The van der Waals surface area contributed by atoms with Gasteiger partial charge in [-0.2, -0.15) is 0 Å². The minimum Gasteiger partial charge on any atom is -0.398 e. The number of carbonyl (C=O) groups excluding carboxylic acids is 1. The fraction of sp³-hybridized carbons (Fsp3) is 0.182. The summed E-state index contributed by atoms with van der Waals surface area (Å²) in [4.78, 5) is 11.1. The highest BCUT2D eigenvalue weighted by Gasteiger charge is 2.12. The molecule has 0 bridgehead atoms. The summed E-state index contributed by atoms with van der Waals surface area (Å²) in [6.45, 7) is 1.98. The summed E-state index contributed by atoms with van der Waals surface area (Å²) in [5, 5.41) is 0. The molecular weight excluding hydrogens is 162 g/mol. The maximum absolute atomic E-state index is 11.1. The molecule has 0 heterocycles. The number of hydrogen-bond acceptors (Lipinski definition) is 2. The molecule has 0 spiro atoms. The van der Waals surface area contributed by atoms with Crippen LogP contribution in [0.2, 0.25) is 0 Å². The minimum atomic E-state index is 0.164. The Bertz CT molecular complexity index is 405. The van der Waals surface area contributed by atoms with E-state index in [0.717, 1.165) is 22.4 Å². The van der Waals surface area contributed by atoms with Crippen molar-refractivity contribution in [2.24, 2.45) is 0 Å². The SMILES string of the molecule is Cc1c(N)ccc2c1C=CC(=O)C2. The Hall–Kier alpha value is -1.57. The third-order valence-corrected chi connectivity index (χ3v) is 2.45. The molecule has 2 rings (SSSR count). The van der Waals surface area contributed by atoms with E-state index in [2.05, 4.69) is 0 Å². The number of hydrogen-bond donors (Lipinski definition) is 1. The van der Waals surface area contributed by atoms with E-state index in [9.17, 15) is 4.79 Å². The predicted octanol–water partition coefficient (Wildman–Crippen LogP) is 1.72. The summed E-state index contributed by atoms with van der Waals surface area (Å²) in [5.74, 6) is 0.164. The largest absolute Gasteiger partial charge is 0.398 e. The zero-order valence-corrected chi connectivity index (χ0v) is 7.50. The van der Waals surface area contributed by atoms with Crippen LogP contribution in [-0.2, 0) is 11.2 Å². The van der Waals surface area contributed by atoms with Gasteiger partial charge in [0.05, 0.1) is 0 Å². The van der Waals surface area contributed by atoms with Crippen molar-refractivity contribution in [2.75, 3.05) is 5.73 Å². The Kier molecular flexibility index (Phi) is 1.69. The molecule has 0 saturated heterocycles. The van der Waals surface area contributed by atoms with Crippen molar-refractivity contribution in [3.05, 3.63) is 34.9 Å². The van der Waals surface area contributed by atoms with Crippen LogP contribution in [0.1, 0.15) is 16.7 Å². The first-order valence-electron chi connectivity index (χ1n) is 4.27. The van der Waals surface area contributed by atoms with Gasteiger partial charge in [-0.3, -0.25) is 4.79 Å². The summed E-state index contributed by atoms with van der Waals surface area (Å²) in [6.07, 6.45) is 3.98. The fourth-order valence-corrected chi connectivity index (χ4v) is 1.61. The molecular formula is C11H11NO. The predicted molar refractivity (Wildman–Crippen MR) is 53.3 cm³/mol. The third kappa shape index (κ3) is 1.24. The Morgan fingerprint density at radius 3 is 2.85 bits per heavy atom. The van der Waals surface area contributed by atoms with E-state index >= 15 is 0 Å². The van der Waals surface area contributed by atoms with Crippen LogP contribution in [0.25, 0.3) is 6.08 Å². The molecule has 1 aliphatic rings. The van der Waals surface area contributed by atoms with E-state index in [-0.39, 0.29) is 5.78 Å². The van der Waals surface area contributed by atoms with Crippen LogP contribution >= 0.6 is 0 Å². The van der Waals surface area contributed by atoms with Crippen LogP contribution in [0, 0.1) is 6.92 Å². The maximum atomic E-state index is 11.1. The van der Waals surface area contributed by atoms with Crippen LogP contribution in [0.4, 0.5) is 5.69 Å². The molecule has 0 fully saturated rings. The summed E-state index contributed by atoms with van der Waals surface area (Å²) in [5.41, 5.74) is 9.81. The number of fused-ring (bicyclic) bond motifs is 1. The first kappa shape index (κ1) is 8.05. The van der Waals surface area contributed by atoms with Crippen molar-refractivity contribution in [3.8, 4) is 0 Å². The van der Waals surface area contributed by atoms with Gasteiger partial charge in [-0.1, -0.05) is 12.1 Å². The van der Waals surface area contributed by atoms with Gasteiger partial charge in [0, 0.05) is 12.1 Å². The van der Waals surface area contributed by atoms with Gasteiger partial charge in [0.2, 0.25) is 0 Å². The second-order valence-electron chi connectivity index (χ2n) is 3.33. The molecule has 66 valence electrons. The highest BCUT2D eigenvalue weighted by atomic mass is 16.1. The topological polar surface area (TPSA) is 43.1 Å². The molecule has 0 aliphatic heterocycles. The highest BCUT2D eigenvalue weighted by Crippen LogP contribution is 2.25. The van der Waals surface area contributed by atoms with Crippen molar-refractivity contribution >= 4 is 17.5 Å². The quantitative estimate of drug-likeness (QED) is 0.607. The normalized spacial score (nSPS) is 14.4. The van der Waals surface area contributed by atoms with Gasteiger partial charge in [-0.05, 0) is 35.8 Å². The Labute approximate surface area is 77.1 Å². The van der Waals surface area contributed by atoms with E-state index < -0.39 is 0 Å². The van der Waals surface area contributed by atoms with Gasteiger partial charge in [-0.25, -0.2) is 0 Å². The molecule has 2 heteroatoms. The van der Waals surface area contributed by atoms with Crippen LogP contribution in [0.5, 0.6) is 0 Å². The molecule has 13 heavy (non-hydrogen) atoms. The third-order valence-electron chi connectivity index (χ3n) is 2.45. The Morgan fingerprint density at radius 2 is 2.08 bits per heavy atom. The van der Waals surface area contributed by atoms with Crippen LogP contribution in [-0.4, -0.2) is 5.78 Å². The van der Waals surface area contributed by atoms with Gasteiger partial charge < -0.3 is 5.73 Å². The van der Waals surface area contributed by atoms with Crippen molar-refractivity contribution in [2.45, 2.75) is 13.3 Å². The number of allylic oxidation sites excluding steroid dienone is 1. The van der Waals surface area contributed by atoms with Crippen LogP contribution < -0.4 is 5.73 Å². The average molecular weight is 173 g/mol. The van der Waals surface area contributed by atoms with E-state index in [0.29, 0.717) is 6.42 Å². The van der Waals surface area contributed by atoms with Crippen LogP contribution in [0.15, 0.2) is 18.2 Å². The molecule has 2 nitrogen and oxygen atoms in total. The number of nitrogens with two attached hydrogens (primary N) is 1. The van der Waals surface area contributed by atoms with E-state index in [1.165, 1.54) is 0 Å². The zero-order valence-electron chi connectivity index (χ0n) is 7.50. The molecule has 0 aromatic heterocycles. The van der Waals surface area contributed by atoms with Crippen molar-refractivity contribution in [3.63, 3.8) is 0 Å². The smallest absolute Gasteiger partial charge is 0.160 e. The van der Waals surface area contributed by atoms with Gasteiger partial charge in [0.25, 0.3) is 0 Å². The molecule has 2 N–H and O–H groups in total. The number of anilines is 1. The average Bonchev–Trinajstić information content (AvgIpc) is 2.12. The second kappa shape index (κ2) is 2.73. The number of ketones is 1. The van der Waals surface area contributed by atoms with Gasteiger partial charge >= 0.3 is 0 Å². The van der Waals surface area contributed by atoms with E-state index in [4.69, 9.17) is 5.73 Å². The Balaban J connectivity index is 2.63. The molecule has 0 saturated carbocycles. The van der Waals surface area contributed by atoms with Crippen molar-refractivity contribution in [1.82, 2.24) is 0 Å². The van der Waals surface area contributed by atoms with E-state index in [1.807, 2.05) is 25.1 Å². The fourth-order valence-electron chi connectivity index (χ4n) is 1.61. The van der Waals surface area contributed by atoms with Gasteiger partial charge in [0.15, 0.2) is 5.78 Å². The minimum absolute atomic E-state index is 0.164. The molecule has 0 atom stereocenters. The lowest BCUT2D eigenvalue weighted by atomic mass is 9.92. The molecule has 0 radical (unpaired) electrons.